The first-order valence-electron chi connectivity index (χ1n) is 27.7. The number of ether oxygens (including phenoxy) is 2. The van der Waals surface area contributed by atoms with Crippen LogP contribution >= 0.6 is 50.7 Å². The van der Waals surface area contributed by atoms with Crippen LogP contribution in [0.15, 0.2) is 88.1 Å². The second kappa shape index (κ2) is 33.4. The van der Waals surface area contributed by atoms with Crippen LogP contribution in [0.5, 0.6) is 0 Å². The maximum atomic E-state index is 12.7. The number of nitrogen functional groups attached to an aromatic ring is 1. The molecular formula is C61H76BrCl3N10O12. The molecule has 5 aromatic carbocycles. The quantitative estimate of drug-likeness (QED) is 0.0464. The summed E-state index contributed by atoms with van der Waals surface area (Å²) >= 11 is 21.2. The SMILES string of the molecule is CC(C)(C)OC(=O)N1CCN(c2cc(Cl)cc(C=O)c2)CC1.CC(C)(C)OC(=O)N1CCNCC1.NC(=O)c1c(N)cc(CO)cc1CO.O=Cc1cc(Cl)cc(Br)c1.O=c1[nH]c(-c2cc(Cl)cc(N3CCNCC3)c2)nc2cc(CO)cc(CO)c12. The molecule has 22 nitrogen and oxygen atoms in total. The van der Waals surface area contributed by atoms with Crippen LogP contribution < -0.4 is 37.5 Å². The Labute approximate surface area is 528 Å². The highest BCUT2D eigenvalue weighted by molar-refractivity contribution is 9.10. The lowest BCUT2D eigenvalue weighted by Gasteiger charge is -2.36. The van der Waals surface area contributed by atoms with E-state index in [-0.39, 0.29) is 61.0 Å². The van der Waals surface area contributed by atoms with Gasteiger partial charge in [0, 0.05) is 132 Å². The van der Waals surface area contributed by atoms with Gasteiger partial charge >= 0.3 is 12.2 Å². The summed E-state index contributed by atoms with van der Waals surface area (Å²) in [7, 11) is 0. The van der Waals surface area contributed by atoms with E-state index in [1.807, 2.05) is 65.8 Å². The predicted octanol–water partition coefficient (Wildman–Crippen LogP) is 7.94. The Kier molecular flexibility index (Phi) is 27.2. The first-order valence-corrected chi connectivity index (χ1v) is 29.7. The third kappa shape index (κ3) is 22.3. The van der Waals surface area contributed by atoms with Crippen LogP contribution in [-0.2, 0) is 35.9 Å². The highest BCUT2D eigenvalue weighted by atomic mass is 79.9. The van der Waals surface area contributed by atoms with Crippen molar-refractivity contribution in [3.8, 4) is 11.4 Å². The van der Waals surface area contributed by atoms with E-state index in [9.17, 15) is 39.0 Å². The fraction of sp³-hybridized carbons (Fsp3) is 0.393. The summed E-state index contributed by atoms with van der Waals surface area (Å²) in [6.45, 7) is 19.5. The number of hydrogen-bond donors (Lipinski definition) is 9. The average Bonchev–Trinajstić information content (AvgIpc) is 1.27. The Morgan fingerprint density at radius 3 is 1.59 bits per heavy atom. The number of carbonyl (C=O) groups excluding carboxylic acids is 5. The minimum absolute atomic E-state index is 0.115. The molecule has 3 aliphatic rings. The second-order valence-corrected chi connectivity index (χ2v) is 24.3. The molecule has 470 valence electrons. The van der Waals surface area contributed by atoms with E-state index in [0.717, 1.165) is 80.8 Å². The topological polar surface area (TPSA) is 320 Å². The fourth-order valence-electron chi connectivity index (χ4n) is 9.04. The summed E-state index contributed by atoms with van der Waals surface area (Å²) in [6.07, 6.45) is 1.06. The van der Waals surface area contributed by atoms with E-state index < -0.39 is 11.5 Å². The maximum absolute atomic E-state index is 12.7. The molecule has 0 saturated carbocycles. The Hall–Kier alpha value is -6.90. The molecule has 3 saturated heterocycles. The molecule has 1 aromatic heterocycles. The van der Waals surface area contributed by atoms with Crippen molar-refractivity contribution in [2.24, 2.45) is 5.73 Å². The van der Waals surface area contributed by atoms with Gasteiger partial charge in [-0.1, -0.05) is 62.9 Å². The molecule has 0 unspecified atom stereocenters. The van der Waals surface area contributed by atoms with Gasteiger partial charge < -0.3 is 76.6 Å². The van der Waals surface area contributed by atoms with Crippen molar-refractivity contribution in [1.82, 2.24) is 30.4 Å². The maximum Gasteiger partial charge on any atom is 0.410 e. The highest BCUT2D eigenvalue weighted by Gasteiger charge is 2.27. The first kappa shape index (κ1) is 70.9. The Morgan fingerprint density at radius 2 is 1.08 bits per heavy atom. The van der Waals surface area contributed by atoms with Crippen molar-refractivity contribution in [2.45, 2.75) is 79.2 Å². The number of halogens is 4. The zero-order valence-corrected chi connectivity index (χ0v) is 53.3. The number of aldehydes is 2. The molecule has 3 amide bonds. The van der Waals surface area contributed by atoms with E-state index in [4.69, 9.17) is 66.0 Å². The number of fused-ring (bicyclic) bond motifs is 1. The summed E-state index contributed by atoms with van der Waals surface area (Å²) in [5.74, 6) is -0.286. The van der Waals surface area contributed by atoms with E-state index in [0.29, 0.717) is 96.9 Å². The molecular weight excluding hydrogens is 1250 g/mol. The van der Waals surface area contributed by atoms with Gasteiger partial charge in [0.05, 0.1) is 42.9 Å². The molecule has 0 spiro atoms. The number of aliphatic hydroxyl groups excluding tert-OH is 4. The first-order chi connectivity index (χ1) is 41.2. The fourth-order valence-corrected chi connectivity index (χ4v) is 10.4. The zero-order valence-electron chi connectivity index (χ0n) is 49.4. The number of nitrogens with one attached hydrogen (secondary N) is 3. The number of aliphatic hydroxyl groups is 4. The Bertz CT molecular complexity index is 3380. The van der Waals surface area contributed by atoms with Crippen LogP contribution in [0, 0.1) is 0 Å². The van der Waals surface area contributed by atoms with Gasteiger partial charge in [-0.25, -0.2) is 14.6 Å². The number of piperazine rings is 3. The van der Waals surface area contributed by atoms with E-state index in [1.165, 1.54) is 12.1 Å². The number of primary amides is 1. The Balaban J connectivity index is 0.000000209. The number of hydrogen-bond acceptors (Lipinski definition) is 18. The van der Waals surface area contributed by atoms with Crippen molar-refractivity contribution in [3.63, 3.8) is 0 Å². The van der Waals surface area contributed by atoms with Crippen LogP contribution in [0.3, 0.4) is 0 Å². The van der Waals surface area contributed by atoms with Crippen LogP contribution in [-0.4, -0.2) is 161 Å². The monoisotopic (exact) mass is 1320 g/mol. The molecule has 3 fully saturated rings. The molecule has 3 aliphatic heterocycles. The van der Waals surface area contributed by atoms with Gasteiger partial charge in [0.15, 0.2) is 0 Å². The minimum Gasteiger partial charge on any atom is -0.444 e. The summed E-state index contributed by atoms with van der Waals surface area (Å²) in [4.78, 5) is 83.5. The number of nitrogens with zero attached hydrogens (tertiary/aromatic N) is 5. The van der Waals surface area contributed by atoms with Crippen LogP contribution in [0.25, 0.3) is 22.3 Å². The lowest BCUT2D eigenvalue weighted by Crippen LogP contribution is -2.50. The summed E-state index contributed by atoms with van der Waals surface area (Å²) in [6, 6.07) is 22.2. The lowest BCUT2D eigenvalue weighted by atomic mass is 10.0. The number of aromatic nitrogens is 2. The number of H-pyrrole nitrogens is 1. The molecule has 0 bridgehead atoms. The van der Waals surface area contributed by atoms with Crippen molar-refractivity contribution in [1.29, 1.82) is 0 Å². The van der Waals surface area contributed by atoms with Crippen LogP contribution in [0.2, 0.25) is 15.1 Å². The van der Waals surface area contributed by atoms with Crippen LogP contribution in [0.4, 0.5) is 26.7 Å². The smallest absolute Gasteiger partial charge is 0.410 e. The third-order valence-electron chi connectivity index (χ3n) is 13.0. The molecule has 9 rings (SSSR count). The zero-order chi connectivity index (χ0) is 64.2. The van der Waals surface area contributed by atoms with E-state index in [2.05, 4.69) is 46.3 Å². The summed E-state index contributed by atoms with van der Waals surface area (Å²) < 4.78 is 11.4. The van der Waals surface area contributed by atoms with Gasteiger partial charge in [-0.15, -0.1) is 0 Å². The molecule has 0 radical (unpaired) electrons. The molecule has 26 heteroatoms. The average molecular weight is 1330 g/mol. The second-order valence-electron chi connectivity index (χ2n) is 22.1. The molecule has 87 heavy (non-hydrogen) atoms. The predicted molar refractivity (Wildman–Crippen MR) is 343 cm³/mol. The van der Waals surface area contributed by atoms with E-state index >= 15 is 0 Å². The van der Waals surface area contributed by atoms with Gasteiger partial charge in [-0.3, -0.25) is 19.2 Å². The number of rotatable bonds is 10. The number of benzene rings is 5. The lowest BCUT2D eigenvalue weighted by molar-refractivity contribution is 0.0223. The molecule has 11 N–H and O–H groups in total. The van der Waals surface area contributed by atoms with Crippen molar-refractivity contribution in [2.75, 3.05) is 94.1 Å². The molecule has 0 aliphatic carbocycles. The number of carbonyl (C=O) groups is 5. The summed E-state index contributed by atoms with van der Waals surface area (Å²) in [5, 5.41) is 45.4. The Morgan fingerprint density at radius 1 is 0.609 bits per heavy atom. The van der Waals surface area contributed by atoms with Crippen LogP contribution in [0.1, 0.15) is 94.9 Å². The number of amides is 3. The number of nitrogens with two attached hydrogens (primary N) is 2. The number of anilines is 3. The standard InChI is InChI=1S/C20H21ClN4O3.C16H21ClN2O3.C9H12N2O3.C9H18N2O2.C7H4BrClO/c21-15-7-13(8-16(9-15)25-3-1-22-2-4-25)19-23-17-6-12(10-26)5-14(11-27)18(17)20(28)24-19;1-16(2,3)22-15(21)19-6-4-18(5-7-19)14-9-12(11-20)8-13(17)10-14;10-7-2-5(3-12)1-6(4-13)8(7)9(11)14;1-9(2,3)13-8(12)11-6-4-10-5-7-11;8-6-1-5(4-10)2-7(9)3-6/h5-9,22,26-27H,1-4,10-11H2,(H,23,24,28);8-11H,4-7H2,1-3H3;1-2,12-13H,3-4,10H2,(H2,11,14);10H,4-7H2,1-3H3;1-4H. The third-order valence-corrected chi connectivity index (χ3v) is 14.1. The van der Waals surface area contributed by atoms with Crippen molar-refractivity contribution < 1.29 is 53.9 Å². The van der Waals surface area contributed by atoms with Gasteiger partial charge in [0.25, 0.3) is 11.5 Å². The molecule has 6 aromatic rings. The highest BCUT2D eigenvalue weighted by Crippen LogP contribution is 2.30. The normalized spacial score (nSPS) is 14.1. The van der Waals surface area contributed by atoms with Gasteiger partial charge in [0.2, 0.25) is 0 Å². The van der Waals surface area contributed by atoms with E-state index in [1.54, 1.807) is 52.3 Å². The largest absolute Gasteiger partial charge is 0.444 e. The number of aromatic amines is 1. The molecule has 4 heterocycles. The minimum atomic E-state index is -0.684. The van der Waals surface area contributed by atoms with Crippen molar-refractivity contribution in [3.05, 3.63) is 148 Å². The molecule has 0 atom stereocenters. The van der Waals surface area contributed by atoms with Gasteiger partial charge in [0.1, 0.15) is 29.6 Å². The van der Waals surface area contributed by atoms with Gasteiger partial charge in [-0.2, -0.15) is 0 Å². The van der Waals surface area contributed by atoms with Crippen molar-refractivity contribution >= 4 is 109 Å². The van der Waals surface area contributed by atoms with Gasteiger partial charge in [-0.05, 0) is 131 Å². The summed E-state index contributed by atoms with van der Waals surface area (Å²) in [5.41, 5.74) is 15.8.